The van der Waals surface area contributed by atoms with E-state index in [0.29, 0.717) is 24.1 Å². The molecule has 1 rings (SSSR count). The molecule has 0 radical (unpaired) electrons. The summed E-state index contributed by atoms with van der Waals surface area (Å²) >= 11 is 1.40. The summed E-state index contributed by atoms with van der Waals surface area (Å²) in [5.41, 5.74) is 5.50. The molecule has 0 unspecified atom stereocenters. The van der Waals surface area contributed by atoms with Gasteiger partial charge in [-0.3, -0.25) is 4.90 Å². The SMILES string of the molecule is CC(C)N(CCC#N)Cc1nnc(N)s1. The summed E-state index contributed by atoms with van der Waals surface area (Å²) in [6.45, 7) is 5.67. The summed E-state index contributed by atoms with van der Waals surface area (Å²) in [4.78, 5) is 2.18. The fourth-order valence-electron chi connectivity index (χ4n) is 1.22. The van der Waals surface area contributed by atoms with E-state index in [2.05, 4.69) is 35.0 Å². The number of aromatic nitrogens is 2. The van der Waals surface area contributed by atoms with Crippen LogP contribution in [-0.4, -0.2) is 27.7 Å². The Morgan fingerprint density at radius 1 is 1.53 bits per heavy atom. The molecule has 0 aliphatic heterocycles. The van der Waals surface area contributed by atoms with Crippen molar-refractivity contribution in [2.75, 3.05) is 12.3 Å². The standard InChI is InChI=1S/C9H15N5S/c1-7(2)14(5-3-4-10)6-8-12-13-9(11)15-8/h7H,3,5-6H2,1-2H3,(H2,11,13). The Labute approximate surface area is 93.5 Å². The minimum Gasteiger partial charge on any atom is -0.374 e. The zero-order valence-electron chi connectivity index (χ0n) is 8.97. The van der Waals surface area contributed by atoms with E-state index in [1.807, 2.05) is 0 Å². The van der Waals surface area contributed by atoms with Gasteiger partial charge in [-0.15, -0.1) is 10.2 Å². The van der Waals surface area contributed by atoms with Crippen LogP contribution in [-0.2, 0) is 6.54 Å². The number of nitrogens with zero attached hydrogens (tertiary/aromatic N) is 4. The summed E-state index contributed by atoms with van der Waals surface area (Å²) in [5.74, 6) is 0. The van der Waals surface area contributed by atoms with Crippen molar-refractivity contribution in [1.29, 1.82) is 5.26 Å². The molecular formula is C9H15N5S. The molecule has 2 N–H and O–H groups in total. The molecule has 0 fully saturated rings. The van der Waals surface area contributed by atoms with Gasteiger partial charge in [0, 0.05) is 19.0 Å². The molecule has 5 nitrogen and oxygen atoms in total. The first-order valence-corrected chi connectivity index (χ1v) is 5.64. The molecule has 0 aliphatic carbocycles. The molecule has 0 amide bonds. The third-order valence-electron chi connectivity index (χ3n) is 2.06. The van der Waals surface area contributed by atoms with Gasteiger partial charge in [-0.05, 0) is 13.8 Å². The number of anilines is 1. The van der Waals surface area contributed by atoms with Crippen molar-refractivity contribution in [3.05, 3.63) is 5.01 Å². The maximum atomic E-state index is 8.55. The predicted octanol–water partition coefficient (Wildman–Crippen LogP) is 1.24. The lowest BCUT2D eigenvalue weighted by Gasteiger charge is -2.23. The van der Waals surface area contributed by atoms with Crippen LogP contribution in [0.2, 0.25) is 0 Å². The van der Waals surface area contributed by atoms with Crippen molar-refractivity contribution in [1.82, 2.24) is 15.1 Å². The van der Waals surface area contributed by atoms with Gasteiger partial charge in [0.2, 0.25) is 5.13 Å². The molecule has 0 aromatic carbocycles. The first-order valence-electron chi connectivity index (χ1n) is 4.82. The summed E-state index contributed by atoms with van der Waals surface area (Å²) < 4.78 is 0. The fraction of sp³-hybridized carbons (Fsp3) is 0.667. The van der Waals surface area contributed by atoms with E-state index in [9.17, 15) is 0 Å². The second-order valence-electron chi connectivity index (χ2n) is 3.51. The van der Waals surface area contributed by atoms with Gasteiger partial charge in [-0.1, -0.05) is 11.3 Å². The second kappa shape index (κ2) is 5.63. The lowest BCUT2D eigenvalue weighted by Crippen LogP contribution is -2.31. The highest BCUT2D eigenvalue weighted by Crippen LogP contribution is 2.14. The van der Waals surface area contributed by atoms with E-state index < -0.39 is 0 Å². The Kier molecular flexibility index (Phi) is 4.46. The monoisotopic (exact) mass is 225 g/mol. The van der Waals surface area contributed by atoms with Crippen LogP contribution in [0.4, 0.5) is 5.13 Å². The molecule has 0 saturated heterocycles. The largest absolute Gasteiger partial charge is 0.374 e. The van der Waals surface area contributed by atoms with Gasteiger partial charge in [0.05, 0.1) is 12.6 Å². The summed E-state index contributed by atoms with van der Waals surface area (Å²) in [6, 6.07) is 2.54. The van der Waals surface area contributed by atoms with Crippen LogP contribution in [0, 0.1) is 11.3 Å². The molecule has 82 valence electrons. The van der Waals surface area contributed by atoms with Crippen LogP contribution in [0.1, 0.15) is 25.3 Å². The zero-order valence-corrected chi connectivity index (χ0v) is 9.79. The summed E-state index contributed by atoms with van der Waals surface area (Å²) in [6.07, 6.45) is 0.534. The van der Waals surface area contributed by atoms with Crippen LogP contribution >= 0.6 is 11.3 Å². The van der Waals surface area contributed by atoms with Crippen molar-refractivity contribution in [3.8, 4) is 6.07 Å². The number of hydrogen-bond acceptors (Lipinski definition) is 6. The van der Waals surface area contributed by atoms with Gasteiger partial charge >= 0.3 is 0 Å². The Hall–Kier alpha value is -1.19. The average molecular weight is 225 g/mol. The minimum atomic E-state index is 0.392. The third-order valence-corrected chi connectivity index (χ3v) is 2.80. The van der Waals surface area contributed by atoms with Crippen LogP contribution in [0.25, 0.3) is 0 Å². The highest BCUT2D eigenvalue weighted by molar-refractivity contribution is 7.15. The smallest absolute Gasteiger partial charge is 0.203 e. The summed E-state index contributed by atoms with van der Waals surface area (Å²) in [5, 5.41) is 17.7. The molecular weight excluding hydrogens is 210 g/mol. The van der Waals surface area contributed by atoms with Crippen LogP contribution in [0.15, 0.2) is 0 Å². The molecule has 0 saturated carbocycles. The second-order valence-corrected chi connectivity index (χ2v) is 4.60. The van der Waals surface area contributed by atoms with Crippen LogP contribution in [0.5, 0.6) is 0 Å². The Morgan fingerprint density at radius 3 is 2.73 bits per heavy atom. The highest BCUT2D eigenvalue weighted by atomic mass is 32.1. The van der Waals surface area contributed by atoms with E-state index in [-0.39, 0.29) is 0 Å². The highest BCUT2D eigenvalue weighted by Gasteiger charge is 2.12. The van der Waals surface area contributed by atoms with E-state index in [1.165, 1.54) is 11.3 Å². The Morgan fingerprint density at radius 2 is 2.27 bits per heavy atom. The molecule has 1 aromatic rings. The lowest BCUT2D eigenvalue weighted by atomic mass is 10.3. The van der Waals surface area contributed by atoms with Crippen molar-refractivity contribution in [3.63, 3.8) is 0 Å². The van der Waals surface area contributed by atoms with E-state index in [0.717, 1.165) is 11.6 Å². The van der Waals surface area contributed by atoms with E-state index >= 15 is 0 Å². The van der Waals surface area contributed by atoms with E-state index in [4.69, 9.17) is 11.0 Å². The number of hydrogen-bond donors (Lipinski definition) is 1. The molecule has 6 heteroatoms. The van der Waals surface area contributed by atoms with Crippen molar-refractivity contribution < 1.29 is 0 Å². The van der Waals surface area contributed by atoms with Gasteiger partial charge in [0.25, 0.3) is 0 Å². The summed E-state index contributed by atoms with van der Waals surface area (Å²) in [7, 11) is 0. The number of nitrogens with two attached hydrogens (primary N) is 1. The van der Waals surface area contributed by atoms with Crippen molar-refractivity contribution in [2.24, 2.45) is 0 Å². The first kappa shape index (κ1) is 11.9. The Balaban J connectivity index is 2.55. The molecule has 0 aliphatic rings. The minimum absolute atomic E-state index is 0.392. The molecule has 1 aromatic heterocycles. The quantitative estimate of drug-likeness (QED) is 0.815. The zero-order chi connectivity index (χ0) is 11.3. The van der Waals surface area contributed by atoms with Gasteiger partial charge in [-0.2, -0.15) is 5.26 Å². The maximum absolute atomic E-state index is 8.55. The number of nitrogen functional groups attached to an aromatic ring is 1. The maximum Gasteiger partial charge on any atom is 0.203 e. The van der Waals surface area contributed by atoms with Crippen LogP contribution in [0.3, 0.4) is 0 Å². The first-order chi connectivity index (χ1) is 7.13. The van der Waals surface area contributed by atoms with Gasteiger partial charge in [-0.25, -0.2) is 0 Å². The lowest BCUT2D eigenvalue weighted by molar-refractivity contribution is 0.217. The predicted molar refractivity (Wildman–Crippen MR) is 60.1 cm³/mol. The third kappa shape index (κ3) is 3.81. The molecule has 15 heavy (non-hydrogen) atoms. The fourth-order valence-corrected chi connectivity index (χ4v) is 1.85. The normalized spacial score (nSPS) is 10.9. The number of rotatable bonds is 5. The van der Waals surface area contributed by atoms with Gasteiger partial charge < -0.3 is 5.73 Å². The van der Waals surface area contributed by atoms with E-state index in [1.54, 1.807) is 0 Å². The number of nitriles is 1. The molecule has 0 atom stereocenters. The van der Waals surface area contributed by atoms with Crippen LogP contribution < -0.4 is 5.73 Å². The molecule has 0 spiro atoms. The molecule has 1 heterocycles. The van der Waals surface area contributed by atoms with Crippen molar-refractivity contribution >= 4 is 16.5 Å². The molecule has 0 bridgehead atoms. The Bertz CT molecular complexity index is 341. The average Bonchev–Trinajstić information content (AvgIpc) is 2.58. The van der Waals surface area contributed by atoms with Crippen molar-refractivity contribution in [2.45, 2.75) is 32.9 Å². The topological polar surface area (TPSA) is 78.8 Å². The van der Waals surface area contributed by atoms with Gasteiger partial charge in [0.1, 0.15) is 5.01 Å². The van der Waals surface area contributed by atoms with Gasteiger partial charge in [0.15, 0.2) is 0 Å².